The number of benzene rings is 1. The largest absolute Gasteiger partial charge is 0.495 e. The van der Waals surface area contributed by atoms with Gasteiger partial charge >= 0.3 is 0 Å². The van der Waals surface area contributed by atoms with Crippen molar-refractivity contribution in [1.82, 2.24) is 4.98 Å². The number of amides is 1. The van der Waals surface area contributed by atoms with E-state index in [1.165, 1.54) is 0 Å². The summed E-state index contributed by atoms with van der Waals surface area (Å²) in [6.07, 6.45) is 9.02. The zero-order valence-electron chi connectivity index (χ0n) is 10.9. The van der Waals surface area contributed by atoms with Gasteiger partial charge in [0.05, 0.1) is 24.1 Å². The predicted molar refractivity (Wildman–Crippen MR) is 78.2 cm³/mol. The van der Waals surface area contributed by atoms with Crippen LogP contribution in [0.15, 0.2) is 30.5 Å². The third-order valence-electron chi connectivity index (χ3n) is 3.23. The minimum absolute atomic E-state index is 0.167. The molecule has 2 heterocycles. The molecule has 20 heavy (non-hydrogen) atoms. The first-order chi connectivity index (χ1) is 9.74. The topological polar surface area (TPSA) is 54.1 Å². The normalized spacial score (nSPS) is 14.8. The third-order valence-corrected chi connectivity index (χ3v) is 3.23. The molecule has 3 rings (SSSR count). The average molecular weight is 264 g/mol. The van der Waals surface area contributed by atoms with Crippen molar-refractivity contribution in [1.29, 1.82) is 0 Å². The van der Waals surface area contributed by atoms with Gasteiger partial charge in [-0.3, -0.25) is 4.79 Å². The van der Waals surface area contributed by atoms with Gasteiger partial charge in [-0.25, -0.2) is 0 Å². The number of hydrogen-bond donors (Lipinski definition) is 2. The Labute approximate surface area is 116 Å². The molecule has 1 amide bonds. The molecular formula is C16H12N2O2. The number of rotatable bonds is 2. The summed E-state index contributed by atoms with van der Waals surface area (Å²) in [5.41, 5.74) is 3.46. The van der Waals surface area contributed by atoms with Gasteiger partial charge in [0.1, 0.15) is 5.75 Å². The Morgan fingerprint density at radius 2 is 2.20 bits per heavy atom. The molecule has 0 unspecified atom stereocenters. The smallest absolute Gasteiger partial charge is 0.256 e. The molecule has 0 fully saturated rings. The van der Waals surface area contributed by atoms with E-state index in [1.807, 2.05) is 18.2 Å². The first-order valence-corrected chi connectivity index (χ1v) is 6.09. The van der Waals surface area contributed by atoms with Crippen LogP contribution in [0.5, 0.6) is 5.75 Å². The lowest BCUT2D eigenvalue weighted by Gasteiger charge is -2.02. The van der Waals surface area contributed by atoms with Crippen molar-refractivity contribution in [2.24, 2.45) is 0 Å². The summed E-state index contributed by atoms with van der Waals surface area (Å²) >= 11 is 0. The van der Waals surface area contributed by atoms with Gasteiger partial charge in [-0.1, -0.05) is 12.0 Å². The van der Waals surface area contributed by atoms with Gasteiger partial charge in [0, 0.05) is 17.3 Å². The van der Waals surface area contributed by atoms with Crippen molar-refractivity contribution in [3.8, 4) is 18.1 Å². The van der Waals surface area contributed by atoms with Gasteiger partial charge in [-0.2, -0.15) is 0 Å². The summed E-state index contributed by atoms with van der Waals surface area (Å²) in [4.78, 5) is 15.2. The molecule has 0 atom stereocenters. The lowest BCUT2D eigenvalue weighted by atomic mass is 10.00. The van der Waals surface area contributed by atoms with Gasteiger partial charge in [0.25, 0.3) is 5.91 Å². The van der Waals surface area contributed by atoms with Crippen LogP contribution >= 0.6 is 0 Å². The number of ether oxygens (including phenoxy) is 1. The van der Waals surface area contributed by atoms with Crippen LogP contribution in [-0.4, -0.2) is 18.0 Å². The fourth-order valence-electron chi connectivity index (χ4n) is 2.31. The molecule has 1 aliphatic rings. The van der Waals surface area contributed by atoms with Gasteiger partial charge in [-0.15, -0.1) is 6.42 Å². The molecule has 1 aliphatic heterocycles. The van der Waals surface area contributed by atoms with E-state index < -0.39 is 0 Å². The van der Waals surface area contributed by atoms with Gasteiger partial charge in [0.2, 0.25) is 0 Å². The summed E-state index contributed by atoms with van der Waals surface area (Å²) in [6.45, 7) is 0. The van der Waals surface area contributed by atoms with Crippen molar-refractivity contribution in [2.75, 3.05) is 12.4 Å². The van der Waals surface area contributed by atoms with Crippen molar-refractivity contribution >= 4 is 23.2 Å². The Morgan fingerprint density at radius 3 is 2.95 bits per heavy atom. The number of aromatic amines is 1. The minimum Gasteiger partial charge on any atom is -0.495 e. The molecule has 0 saturated heterocycles. The Balaban J connectivity index is 2.18. The van der Waals surface area contributed by atoms with E-state index in [0.29, 0.717) is 16.9 Å². The summed E-state index contributed by atoms with van der Waals surface area (Å²) in [5.74, 6) is 3.12. The molecule has 0 radical (unpaired) electrons. The van der Waals surface area contributed by atoms with E-state index >= 15 is 0 Å². The van der Waals surface area contributed by atoms with E-state index in [-0.39, 0.29) is 5.91 Å². The first kappa shape index (κ1) is 12.1. The number of H-pyrrole nitrogens is 1. The number of nitrogens with one attached hydrogen (secondary N) is 2. The van der Waals surface area contributed by atoms with Gasteiger partial charge < -0.3 is 15.0 Å². The fourth-order valence-corrected chi connectivity index (χ4v) is 2.31. The number of methoxy groups -OCH3 is 1. The van der Waals surface area contributed by atoms with Crippen molar-refractivity contribution in [2.45, 2.75) is 0 Å². The molecule has 4 nitrogen and oxygen atoms in total. The van der Waals surface area contributed by atoms with E-state index in [0.717, 1.165) is 16.9 Å². The monoisotopic (exact) mass is 264 g/mol. The first-order valence-electron chi connectivity index (χ1n) is 6.09. The summed E-state index contributed by atoms with van der Waals surface area (Å²) in [5, 5.41) is 2.81. The van der Waals surface area contributed by atoms with Crippen molar-refractivity contribution in [3.63, 3.8) is 0 Å². The lowest BCUT2D eigenvalue weighted by Crippen LogP contribution is -2.03. The Morgan fingerprint density at radius 1 is 1.35 bits per heavy atom. The Hall–Kier alpha value is -2.93. The number of aromatic nitrogens is 1. The second-order valence-electron chi connectivity index (χ2n) is 4.34. The second-order valence-corrected chi connectivity index (χ2v) is 4.34. The van der Waals surface area contributed by atoms with Crippen LogP contribution in [0.2, 0.25) is 0 Å². The summed E-state index contributed by atoms with van der Waals surface area (Å²) < 4.78 is 5.23. The number of carbonyl (C=O) groups excluding carboxylic acids is 1. The molecule has 1 aromatic heterocycles. The number of carbonyl (C=O) groups is 1. The van der Waals surface area contributed by atoms with Crippen LogP contribution in [0, 0.1) is 12.3 Å². The molecule has 4 heteroatoms. The predicted octanol–water partition coefficient (Wildman–Crippen LogP) is 2.50. The van der Waals surface area contributed by atoms with Gasteiger partial charge in [0.15, 0.2) is 0 Å². The van der Waals surface area contributed by atoms with Crippen LogP contribution in [0.3, 0.4) is 0 Å². The van der Waals surface area contributed by atoms with Crippen LogP contribution in [0.1, 0.15) is 16.8 Å². The molecule has 0 aliphatic carbocycles. The molecule has 98 valence electrons. The number of fused-ring (bicyclic) bond motifs is 1. The SMILES string of the molecule is C#Cc1cccc2c1C(=Cc1[nH]ccc1OC)C(=O)N2. The quantitative estimate of drug-likeness (QED) is 0.647. The maximum Gasteiger partial charge on any atom is 0.256 e. The number of hydrogen-bond acceptors (Lipinski definition) is 2. The van der Waals surface area contributed by atoms with E-state index in [4.69, 9.17) is 11.2 Å². The highest BCUT2D eigenvalue weighted by Crippen LogP contribution is 2.36. The van der Waals surface area contributed by atoms with Crippen molar-refractivity contribution < 1.29 is 9.53 Å². The Kier molecular flexibility index (Phi) is 2.81. The van der Waals surface area contributed by atoms with Crippen LogP contribution in [0.25, 0.3) is 11.6 Å². The zero-order valence-corrected chi connectivity index (χ0v) is 10.9. The minimum atomic E-state index is -0.167. The Bertz CT molecular complexity index is 763. The van der Waals surface area contributed by atoms with E-state index in [1.54, 1.807) is 25.4 Å². The molecular weight excluding hydrogens is 252 g/mol. The summed E-state index contributed by atoms with van der Waals surface area (Å²) in [7, 11) is 1.58. The van der Waals surface area contributed by atoms with Crippen LogP contribution in [-0.2, 0) is 4.79 Å². The fraction of sp³-hybridized carbons (Fsp3) is 0.0625. The third kappa shape index (κ3) is 1.77. The standard InChI is InChI=1S/C16H12N2O2/c1-3-10-5-4-6-12-15(10)11(16(19)18-12)9-13-14(20-2)7-8-17-13/h1,4-9,17H,2H3,(H,18,19). The molecule has 0 spiro atoms. The van der Waals surface area contributed by atoms with Gasteiger partial charge in [-0.05, 0) is 24.3 Å². The molecule has 1 aromatic carbocycles. The molecule has 2 N–H and O–H groups in total. The molecule has 0 saturated carbocycles. The highest BCUT2D eigenvalue weighted by Gasteiger charge is 2.26. The highest BCUT2D eigenvalue weighted by atomic mass is 16.5. The maximum atomic E-state index is 12.1. The van der Waals surface area contributed by atoms with Crippen LogP contribution < -0.4 is 10.1 Å². The highest BCUT2D eigenvalue weighted by molar-refractivity contribution is 6.35. The number of terminal acetylenes is 1. The molecule has 2 aromatic rings. The van der Waals surface area contributed by atoms with Crippen molar-refractivity contribution in [3.05, 3.63) is 47.3 Å². The zero-order chi connectivity index (χ0) is 14.1. The average Bonchev–Trinajstić information content (AvgIpc) is 3.03. The van der Waals surface area contributed by atoms with E-state index in [2.05, 4.69) is 16.2 Å². The maximum absolute atomic E-state index is 12.1. The second kappa shape index (κ2) is 4.63. The van der Waals surface area contributed by atoms with E-state index in [9.17, 15) is 4.79 Å². The number of anilines is 1. The molecule has 0 bridgehead atoms. The lowest BCUT2D eigenvalue weighted by molar-refractivity contribution is -0.110. The summed E-state index contributed by atoms with van der Waals surface area (Å²) in [6, 6.07) is 7.28. The van der Waals surface area contributed by atoms with Crippen LogP contribution in [0.4, 0.5) is 5.69 Å².